The Bertz CT molecular complexity index is 669. The van der Waals surface area contributed by atoms with Crippen molar-refractivity contribution in [2.45, 2.75) is 38.5 Å². The van der Waals surface area contributed by atoms with Crippen LogP contribution in [0.2, 0.25) is 0 Å². The summed E-state index contributed by atoms with van der Waals surface area (Å²) in [6.45, 7) is 4.99. The molecule has 4 nitrogen and oxygen atoms in total. The van der Waals surface area contributed by atoms with Crippen molar-refractivity contribution < 1.29 is 4.79 Å². The Kier molecular flexibility index (Phi) is 4.70. The van der Waals surface area contributed by atoms with Gasteiger partial charge in [0.05, 0.1) is 11.6 Å². The van der Waals surface area contributed by atoms with Gasteiger partial charge in [0.25, 0.3) is 0 Å². The molecule has 2 unspecified atom stereocenters. The molecular formula is C19H23N3O. The average molecular weight is 309 g/mol. The normalized spacial score (nSPS) is 17.8. The summed E-state index contributed by atoms with van der Waals surface area (Å²) in [6, 6.07) is 8.04. The zero-order valence-electron chi connectivity index (χ0n) is 13.7. The average Bonchev–Trinajstić information content (AvgIpc) is 2.99. The number of amides is 1. The number of hydrogen-bond donors (Lipinski definition) is 1. The molecule has 0 fully saturated rings. The van der Waals surface area contributed by atoms with E-state index in [-0.39, 0.29) is 17.7 Å². The Morgan fingerprint density at radius 3 is 2.87 bits per heavy atom. The lowest BCUT2D eigenvalue weighted by Gasteiger charge is -2.22. The van der Waals surface area contributed by atoms with Crippen LogP contribution in [0.15, 0.2) is 42.9 Å². The molecule has 0 spiro atoms. The summed E-state index contributed by atoms with van der Waals surface area (Å²) in [6.07, 6.45) is 7.25. The zero-order valence-corrected chi connectivity index (χ0v) is 13.7. The van der Waals surface area contributed by atoms with Gasteiger partial charge in [0.1, 0.15) is 0 Å². The minimum atomic E-state index is -0.104. The minimum Gasteiger partial charge on any atom is -0.355 e. The topological polar surface area (TPSA) is 54.9 Å². The molecule has 23 heavy (non-hydrogen) atoms. The van der Waals surface area contributed by atoms with Gasteiger partial charge < -0.3 is 5.32 Å². The number of aryl methyl sites for hydroxylation is 1. The number of aromatic nitrogens is 2. The van der Waals surface area contributed by atoms with Gasteiger partial charge in [-0.25, -0.2) is 0 Å². The van der Waals surface area contributed by atoms with Gasteiger partial charge >= 0.3 is 0 Å². The third-order valence-corrected chi connectivity index (χ3v) is 4.69. The first-order valence-corrected chi connectivity index (χ1v) is 8.28. The minimum absolute atomic E-state index is 0.0944. The van der Waals surface area contributed by atoms with Crippen molar-refractivity contribution in [3.8, 4) is 0 Å². The fourth-order valence-corrected chi connectivity index (χ4v) is 3.34. The largest absolute Gasteiger partial charge is 0.355 e. The van der Waals surface area contributed by atoms with Gasteiger partial charge in [0.2, 0.25) is 5.91 Å². The van der Waals surface area contributed by atoms with Crippen LogP contribution in [0.4, 0.5) is 0 Å². The first-order chi connectivity index (χ1) is 11.2. The Labute approximate surface area is 137 Å². The quantitative estimate of drug-likeness (QED) is 0.923. The molecule has 1 aliphatic rings. The summed E-state index contributed by atoms with van der Waals surface area (Å²) >= 11 is 0. The van der Waals surface area contributed by atoms with Crippen molar-refractivity contribution in [2.24, 2.45) is 5.92 Å². The molecule has 2 aromatic rings. The third kappa shape index (κ3) is 3.41. The van der Waals surface area contributed by atoms with E-state index in [1.807, 2.05) is 18.3 Å². The van der Waals surface area contributed by atoms with Crippen molar-refractivity contribution in [2.75, 3.05) is 6.54 Å². The number of fused-ring (bicyclic) bond motifs is 1. The van der Waals surface area contributed by atoms with Gasteiger partial charge in [-0.05, 0) is 42.0 Å². The second-order valence-corrected chi connectivity index (χ2v) is 6.52. The molecule has 1 aliphatic carbocycles. The molecule has 2 aromatic heterocycles. The molecule has 0 bridgehead atoms. The van der Waals surface area contributed by atoms with E-state index in [9.17, 15) is 4.79 Å². The van der Waals surface area contributed by atoms with Crippen LogP contribution in [-0.4, -0.2) is 22.4 Å². The lowest BCUT2D eigenvalue weighted by Crippen LogP contribution is -2.33. The summed E-state index contributed by atoms with van der Waals surface area (Å²) in [5.74, 6) is 0.704. The maximum absolute atomic E-state index is 12.6. The van der Waals surface area contributed by atoms with E-state index < -0.39 is 0 Å². The van der Waals surface area contributed by atoms with Crippen LogP contribution < -0.4 is 5.32 Å². The van der Waals surface area contributed by atoms with Crippen LogP contribution in [-0.2, 0) is 11.2 Å². The van der Waals surface area contributed by atoms with Gasteiger partial charge in [0, 0.05) is 31.1 Å². The molecule has 120 valence electrons. The first-order valence-electron chi connectivity index (χ1n) is 8.28. The SMILES string of the molecule is CC(C)C(CNC(=O)C1CCc2cccnc21)c1cccnc1. The molecule has 2 atom stereocenters. The number of carbonyl (C=O) groups excluding carboxylic acids is 1. The molecule has 0 saturated carbocycles. The molecule has 4 heteroatoms. The van der Waals surface area contributed by atoms with E-state index in [1.54, 1.807) is 12.4 Å². The van der Waals surface area contributed by atoms with Crippen LogP contribution >= 0.6 is 0 Å². The second-order valence-electron chi connectivity index (χ2n) is 6.52. The predicted molar refractivity (Wildman–Crippen MR) is 90.1 cm³/mol. The van der Waals surface area contributed by atoms with Gasteiger partial charge in [-0.2, -0.15) is 0 Å². The van der Waals surface area contributed by atoms with Crippen molar-refractivity contribution in [1.29, 1.82) is 0 Å². The zero-order chi connectivity index (χ0) is 16.2. The summed E-state index contributed by atoms with van der Waals surface area (Å²) < 4.78 is 0. The first kappa shape index (κ1) is 15.7. The molecule has 1 amide bonds. The summed E-state index contributed by atoms with van der Waals surface area (Å²) in [7, 11) is 0. The van der Waals surface area contributed by atoms with E-state index in [2.05, 4.69) is 41.3 Å². The monoisotopic (exact) mass is 309 g/mol. The van der Waals surface area contributed by atoms with E-state index in [0.717, 1.165) is 18.5 Å². The van der Waals surface area contributed by atoms with Gasteiger partial charge in [-0.1, -0.05) is 26.0 Å². The Balaban J connectivity index is 1.67. The maximum Gasteiger partial charge on any atom is 0.229 e. The molecule has 0 saturated heterocycles. The number of nitrogens with one attached hydrogen (secondary N) is 1. The van der Waals surface area contributed by atoms with E-state index in [4.69, 9.17) is 0 Å². The van der Waals surface area contributed by atoms with Crippen molar-refractivity contribution in [3.05, 3.63) is 59.7 Å². The highest BCUT2D eigenvalue weighted by molar-refractivity contribution is 5.84. The van der Waals surface area contributed by atoms with Crippen LogP contribution in [0, 0.1) is 5.92 Å². The smallest absolute Gasteiger partial charge is 0.229 e. The van der Waals surface area contributed by atoms with Gasteiger partial charge in [0.15, 0.2) is 0 Å². The van der Waals surface area contributed by atoms with Crippen LogP contribution in [0.5, 0.6) is 0 Å². The van der Waals surface area contributed by atoms with Crippen LogP contribution in [0.1, 0.15) is 48.9 Å². The van der Waals surface area contributed by atoms with Crippen molar-refractivity contribution >= 4 is 5.91 Å². The third-order valence-electron chi connectivity index (χ3n) is 4.69. The second kappa shape index (κ2) is 6.90. The highest BCUT2D eigenvalue weighted by atomic mass is 16.1. The molecular weight excluding hydrogens is 286 g/mol. The van der Waals surface area contributed by atoms with Gasteiger partial charge in [-0.3, -0.25) is 14.8 Å². The summed E-state index contributed by atoms with van der Waals surface area (Å²) in [5, 5.41) is 3.14. The number of carbonyl (C=O) groups is 1. The molecule has 1 N–H and O–H groups in total. The standard InChI is InChI=1S/C19H23N3O/c1-13(2)17(15-6-3-9-20-11-15)12-22-19(23)16-8-7-14-5-4-10-21-18(14)16/h3-6,9-11,13,16-17H,7-8,12H2,1-2H3,(H,22,23). The summed E-state index contributed by atoms with van der Waals surface area (Å²) in [4.78, 5) is 21.2. The molecule has 3 rings (SSSR count). The molecule has 0 aromatic carbocycles. The summed E-state index contributed by atoms with van der Waals surface area (Å²) in [5.41, 5.74) is 3.33. The lowest BCUT2D eigenvalue weighted by atomic mass is 9.89. The fraction of sp³-hybridized carbons (Fsp3) is 0.421. The predicted octanol–water partition coefficient (Wildman–Crippen LogP) is 3.06. The number of pyridine rings is 2. The maximum atomic E-state index is 12.6. The van der Waals surface area contributed by atoms with Crippen LogP contribution in [0.3, 0.4) is 0 Å². The molecule has 0 radical (unpaired) electrons. The van der Waals surface area contributed by atoms with E-state index >= 15 is 0 Å². The molecule has 0 aliphatic heterocycles. The number of nitrogens with zero attached hydrogens (tertiary/aromatic N) is 2. The highest BCUT2D eigenvalue weighted by Gasteiger charge is 2.30. The highest BCUT2D eigenvalue weighted by Crippen LogP contribution is 2.31. The van der Waals surface area contributed by atoms with Gasteiger partial charge in [-0.15, -0.1) is 0 Å². The van der Waals surface area contributed by atoms with E-state index in [0.29, 0.717) is 12.5 Å². The van der Waals surface area contributed by atoms with E-state index in [1.165, 1.54) is 11.1 Å². The Morgan fingerprint density at radius 1 is 1.30 bits per heavy atom. The van der Waals surface area contributed by atoms with Crippen molar-refractivity contribution in [3.63, 3.8) is 0 Å². The van der Waals surface area contributed by atoms with Crippen molar-refractivity contribution in [1.82, 2.24) is 15.3 Å². The van der Waals surface area contributed by atoms with Crippen LogP contribution in [0.25, 0.3) is 0 Å². The molecule has 2 heterocycles. The Morgan fingerprint density at radius 2 is 2.13 bits per heavy atom. The number of rotatable bonds is 5. The number of hydrogen-bond acceptors (Lipinski definition) is 3. The fourth-order valence-electron chi connectivity index (χ4n) is 3.34. The Hall–Kier alpha value is -2.23. The lowest BCUT2D eigenvalue weighted by molar-refractivity contribution is -0.122.